The first kappa shape index (κ1) is 19.2. The molecule has 5 nitrogen and oxygen atoms in total. The molecule has 5 heteroatoms. The fourth-order valence-corrected chi connectivity index (χ4v) is 2.53. The van der Waals surface area contributed by atoms with Crippen molar-refractivity contribution in [3.05, 3.63) is 64.7 Å². The first-order valence-corrected chi connectivity index (χ1v) is 8.33. The van der Waals surface area contributed by atoms with Crippen LogP contribution in [0, 0.1) is 11.3 Å². The largest absolute Gasteiger partial charge is 0.508 e. The third kappa shape index (κ3) is 5.45. The number of hydrogen-bond donors (Lipinski definition) is 2. The van der Waals surface area contributed by atoms with Crippen molar-refractivity contribution >= 4 is 11.7 Å². The number of rotatable bonds is 5. The van der Waals surface area contributed by atoms with E-state index in [-0.39, 0.29) is 35.8 Å². The number of carbonyl (C=O) groups excluding carboxylic acids is 2. The number of phenols is 1. The van der Waals surface area contributed by atoms with Crippen LogP contribution in [-0.4, -0.2) is 22.3 Å². The van der Waals surface area contributed by atoms with Crippen molar-refractivity contribution in [2.24, 2.45) is 0 Å². The molecule has 0 unspecified atom stereocenters. The summed E-state index contributed by atoms with van der Waals surface area (Å²) in [6.07, 6.45) is 0.173. The summed E-state index contributed by atoms with van der Waals surface area (Å²) in [4.78, 5) is 24.6. The average molecular weight is 350 g/mol. The minimum absolute atomic E-state index is 0.00402. The zero-order valence-corrected chi connectivity index (χ0v) is 15.2. The summed E-state index contributed by atoms with van der Waals surface area (Å²) in [6.45, 7) is 5.71. The van der Waals surface area contributed by atoms with Gasteiger partial charge in [-0.1, -0.05) is 12.1 Å². The lowest BCUT2D eigenvalue weighted by Gasteiger charge is -2.20. The molecule has 0 radical (unpaired) electrons. The molecule has 0 aliphatic carbocycles. The standard InChI is InChI=1S/C21H22N2O3/c1-21(2,3)23-20(26)16-6-4-5-14(9-16)11-18(24)12-17-10-15(13-22)7-8-19(17)25/h4-10,25H,11-12H2,1-3H3,(H,23,26). The predicted octanol–water partition coefficient (Wildman–Crippen LogP) is 3.15. The highest BCUT2D eigenvalue weighted by Gasteiger charge is 2.16. The molecule has 0 spiro atoms. The Morgan fingerprint density at radius 1 is 1.12 bits per heavy atom. The van der Waals surface area contributed by atoms with Crippen LogP contribution in [0.1, 0.15) is 47.8 Å². The van der Waals surface area contributed by atoms with Crippen molar-refractivity contribution < 1.29 is 14.7 Å². The molecule has 0 aromatic heterocycles. The van der Waals surface area contributed by atoms with Crippen LogP contribution < -0.4 is 5.32 Å². The number of aromatic hydroxyl groups is 1. The minimum atomic E-state index is -0.341. The van der Waals surface area contributed by atoms with Gasteiger partial charge in [0.15, 0.2) is 0 Å². The van der Waals surface area contributed by atoms with Gasteiger partial charge >= 0.3 is 0 Å². The van der Waals surface area contributed by atoms with Gasteiger partial charge in [0, 0.05) is 29.5 Å². The molecule has 0 saturated carbocycles. The van der Waals surface area contributed by atoms with Crippen LogP contribution in [0.3, 0.4) is 0 Å². The van der Waals surface area contributed by atoms with E-state index >= 15 is 0 Å². The Hall–Kier alpha value is -3.13. The number of benzene rings is 2. The van der Waals surface area contributed by atoms with Crippen molar-refractivity contribution in [1.29, 1.82) is 5.26 Å². The predicted molar refractivity (Wildman–Crippen MR) is 98.9 cm³/mol. The lowest BCUT2D eigenvalue weighted by atomic mass is 9.99. The van der Waals surface area contributed by atoms with Crippen LogP contribution in [0.5, 0.6) is 5.75 Å². The Labute approximate surface area is 153 Å². The quantitative estimate of drug-likeness (QED) is 0.867. The molecular weight excluding hydrogens is 328 g/mol. The molecule has 0 saturated heterocycles. The van der Waals surface area contributed by atoms with Gasteiger partial charge in [-0.25, -0.2) is 0 Å². The normalized spacial score (nSPS) is 10.8. The van der Waals surface area contributed by atoms with Gasteiger partial charge < -0.3 is 10.4 Å². The van der Waals surface area contributed by atoms with E-state index < -0.39 is 0 Å². The molecule has 26 heavy (non-hydrogen) atoms. The van der Waals surface area contributed by atoms with Crippen LogP contribution >= 0.6 is 0 Å². The third-order valence-electron chi connectivity index (χ3n) is 3.68. The number of phenolic OH excluding ortho intramolecular Hbond substituents is 1. The molecule has 0 aliphatic rings. The Bertz CT molecular complexity index is 874. The summed E-state index contributed by atoms with van der Waals surface area (Å²) in [5.74, 6) is -0.300. The van der Waals surface area contributed by atoms with Gasteiger partial charge in [-0.2, -0.15) is 5.26 Å². The summed E-state index contributed by atoms with van der Waals surface area (Å²) in [5.41, 5.74) is 1.71. The highest BCUT2D eigenvalue weighted by Crippen LogP contribution is 2.20. The molecule has 0 bridgehead atoms. The Balaban J connectivity index is 2.09. The van der Waals surface area contributed by atoms with Crippen LogP contribution in [0.4, 0.5) is 0 Å². The van der Waals surface area contributed by atoms with Crippen molar-refractivity contribution in [3.8, 4) is 11.8 Å². The van der Waals surface area contributed by atoms with Gasteiger partial charge in [0.1, 0.15) is 11.5 Å². The number of hydrogen-bond acceptors (Lipinski definition) is 4. The zero-order chi connectivity index (χ0) is 19.3. The lowest BCUT2D eigenvalue weighted by Crippen LogP contribution is -2.40. The van der Waals surface area contributed by atoms with E-state index in [1.165, 1.54) is 18.2 Å². The number of carbonyl (C=O) groups is 2. The second-order valence-corrected chi connectivity index (χ2v) is 7.25. The van der Waals surface area contributed by atoms with E-state index in [9.17, 15) is 14.7 Å². The fraction of sp³-hybridized carbons (Fsp3) is 0.286. The topological polar surface area (TPSA) is 90.2 Å². The van der Waals surface area contributed by atoms with E-state index in [0.29, 0.717) is 16.7 Å². The van der Waals surface area contributed by atoms with Crippen LogP contribution in [0.2, 0.25) is 0 Å². The van der Waals surface area contributed by atoms with Crippen molar-refractivity contribution in [3.63, 3.8) is 0 Å². The van der Waals surface area contributed by atoms with E-state index in [0.717, 1.165) is 5.56 Å². The summed E-state index contributed by atoms with van der Waals surface area (Å²) in [6, 6.07) is 13.4. The molecule has 2 aromatic rings. The maximum absolute atomic E-state index is 12.3. The van der Waals surface area contributed by atoms with Gasteiger partial charge in [-0.05, 0) is 56.7 Å². The highest BCUT2D eigenvalue weighted by atomic mass is 16.3. The van der Waals surface area contributed by atoms with Crippen LogP contribution in [0.25, 0.3) is 0 Å². The first-order chi connectivity index (χ1) is 12.2. The summed E-state index contributed by atoms with van der Waals surface area (Å²) < 4.78 is 0. The van der Waals surface area contributed by atoms with E-state index in [2.05, 4.69) is 5.32 Å². The smallest absolute Gasteiger partial charge is 0.251 e. The highest BCUT2D eigenvalue weighted by molar-refractivity contribution is 5.95. The minimum Gasteiger partial charge on any atom is -0.508 e. The number of amides is 1. The first-order valence-electron chi connectivity index (χ1n) is 8.33. The average Bonchev–Trinajstić information content (AvgIpc) is 2.55. The number of nitrogens with one attached hydrogen (secondary N) is 1. The molecule has 2 N–H and O–H groups in total. The molecule has 134 valence electrons. The van der Waals surface area contributed by atoms with Gasteiger partial charge in [0.05, 0.1) is 11.6 Å². The number of nitrogens with zero attached hydrogens (tertiary/aromatic N) is 1. The molecule has 0 heterocycles. The lowest BCUT2D eigenvalue weighted by molar-refractivity contribution is -0.117. The zero-order valence-electron chi connectivity index (χ0n) is 15.2. The fourth-order valence-electron chi connectivity index (χ4n) is 2.53. The van der Waals surface area contributed by atoms with E-state index in [1.807, 2.05) is 26.8 Å². The third-order valence-corrected chi connectivity index (χ3v) is 3.68. The Morgan fingerprint density at radius 2 is 1.85 bits per heavy atom. The number of nitriles is 1. The molecule has 2 aromatic carbocycles. The monoisotopic (exact) mass is 350 g/mol. The van der Waals surface area contributed by atoms with E-state index in [4.69, 9.17) is 5.26 Å². The van der Waals surface area contributed by atoms with Gasteiger partial charge in [-0.3, -0.25) is 9.59 Å². The SMILES string of the molecule is CC(C)(C)NC(=O)c1cccc(CC(=O)Cc2cc(C#N)ccc2O)c1. The number of ketones is 1. The molecule has 0 atom stereocenters. The molecule has 2 rings (SSSR count). The van der Waals surface area contributed by atoms with Crippen molar-refractivity contribution in [2.45, 2.75) is 39.2 Å². The van der Waals surface area contributed by atoms with E-state index in [1.54, 1.807) is 24.3 Å². The second kappa shape index (κ2) is 7.83. The number of Topliss-reactive ketones (excluding diaryl/α,β-unsaturated/α-hetero) is 1. The molecule has 0 fully saturated rings. The second-order valence-electron chi connectivity index (χ2n) is 7.25. The van der Waals surface area contributed by atoms with Crippen molar-refractivity contribution in [2.75, 3.05) is 0 Å². The van der Waals surface area contributed by atoms with Crippen LogP contribution in [-0.2, 0) is 17.6 Å². The van der Waals surface area contributed by atoms with Gasteiger partial charge in [-0.15, -0.1) is 0 Å². The maximum atomic E-state index is 12.3. The van der Waals surface area contributed by atoms with Crippen LogP contribution in [0.15, 0.2) is 42.5 Å². The maximum Gasteiger partial charge on any atom is 0.251 e. The molecule has 0 aliphatic heterocycles. The van der Waals surface area contributed by atoms with Crippen molar-refractivity contribution in [1.82, 2.24) is 5.32 Å². The molecular formula is C21H22N2O3. The Morgan fingerprint density at radius 3 is 2.50 bits per heavy atom. The molecule has 1 amide bonds. The summed E-state index contributed by atoms with van der Waals surface area (Å²) in [7, 11) is 0. The summed E-state index contributed by atoms with van der Waals surface area (Å²) in [5, 5.41) is 21.7. The Kier molecular flexibility index (Phi) is 5.78. The summed E-state index contributed by atoms with van der Waals surface area (Å²) >= 11 is 0. The van der Waals surface area contributed by atoms with Gasteiger partial charge in [0.25, 0.3) is 5.91 Å². The van der Waals surface area contributed by atoms with Gasteiger partial charge in [0.2, 0.25) is 0 Å².